The SMILES string of the molecule is Cc1cc(NC(=O)CN(C)C(=O)OC(C)(C)C)cc(=O)n1C. The summed E-state index contributed by atoms with van der Waals surface area (Å²) in [5.41, 5.74) is 0.298. The van der Waals surface area contributed by atoms with Gasteiger partial charge >= 0.3 is 6.09 Å². The third-order valence-corrected chi connectivity index (χ3v) is 2.87. The number of rotatable bonds is 3. The average molecular weight is 309 g/mol. The van der Waals surface area contributed by atoms with E-state index in [-0.39, 0.29) is 12.1 Å². The molecule has 0 unspecified atom stereocenters. The Morgan fingerprint density at radius 3 is 2.41 bits per heavy atom. The monoisotopic (exact) mass is 309 g/mol. The van der Waals surface area contributed by atoms with E-state index in [0.29, 0.717) is 5.69 Å². The van der Waals surface area contributed by atoms with E-state index < -0.39 is 17.6 Å². The van der Waals surface area contributed by atoms with Crippen molar-refractivity contribution in [3.8, 4) is 0 Å². The van der Waals surface area contributed by atoms with Crippen LogP contribution in [-0.2, 0) is 16.6 Å². The van der Waals surface area contributed by atoms with E-state index in [9.17, 15) is 14.4 Å². The molecule has 0 aliphatic carbocycles. The van der Waals surface area contributed by atoms with Crippen LogP contribution in [0.15, 0.2) is 16.9 Å². The second kappa shape index (κ2) is 6.64. The highest BCUT2D eigenvalue weighted by molar-refractivity contribution is 5.93. The summed E-state index contributed by atoms with van der Waals surface area (Å²) in [6, 6.07) is 3.02. The first-order chi connectivity index (χ1) is 9.99. The number of carbonyl (C=O) groups is 2. The second-order valence-corrected chi connectivity index (χ2v) is 6.17. The number of likely N-dealkylation sites (N-methyl/N-ethyl adjacent to an activating group) is 1. The smallest absolute Gasteiger partial charge is 0.410 e. The highest BCUT2D eigenvalue weighted by atomic mass is 16.6. The lowest BCUT2D eigenvalue weighted by Gasteiger charge is -2.24. The summed E-state index contributed by atoms with van der Waals surface area (Å²) in [6.07, 6.45) is -0.581. The molecule has 1 heterocycles. The van der Waals surface area contributed by atoms with Crippen molar-refractivity contribution >= 4 is 17.7 Å². The first kappa shape index (κ1) is 17.7. The van der Waals surface area contributed by atoms with Gasteiger partial charge in [0, 0.05) is 31.5 Å². The molecule has 2 amide bonds. The lowest BCUT2D eigenvalue weighted by molar-refractivity contribution is -0.117. The molecule has 0 aromatic carbocycles. The number of hydrogen-bond acceptors (Lipinski definition) is 4. The molecule has 0 radical (unpaired) electrons. The van der Waals surface area contributed by atoms with Gasteiger partial charge in [-0.2, -0.15) is 0 Å². The molecule has 0 aliphatic heterocycles. The molecular formula is C15H23N3O4. The Kier molecular flexibility index (Phi) is 5.35. The molecule has 122 valence electrons. The Bertz CT molecular complexity index is 629. The van der Waals surface area contributed by atoms with Gasteiger partial charge in [-0.15, -0.1) is 0 Å². The van der Waals surface area contributed by atoms with Gasteiger partial charge in [-0.05, 0) is 33.8 Å². The van der Waals surface area contributed by atoms with Gasteiger partial charge < -0.3 is 19.5 Å². The zero-order valence-corrected chi connectivity index (χ0v) is 13.9. The number of hydrogen-bond donors (Lipinski definition) is 1. The fourth-order valence-corrected chi connectivity index (χ4v) is 1.66. The first-order valence-electron chi connectivity index (χ1n) is 6.91. The van der Waals surface area contributed by atoms with Crippen LogP contribution in [0.5, 0.6) is 0 Å². The van der Waals surface area contributed by atoms with Crippen molar-refractivity contribution in [3.05, 3.63) is 28.2 Å². The second-order valence-electron chi connectivity index (χ2n) is 6.17. The molecule has 7 nitrogen and oxygen atoms in total. The number of aryl methyl sites for hydroxylation is 1. The molecule has 0 saturated heterocycles. The van der Waals surface area contributed by atoms with E-state index in [1.165, 1.54) is 22.6 Å². The van der Waals surface area contributed by atoms with Crippen molar-refractivity contribution in [2.45, 2.75) is 33.3 Å². The van der Waals surface area contributed by atoms with Crippen LogP contribution in [0.25, 0.3) is 0 Å². The first-order valence-corrected chi connectivity index (χ1v) is 6.91. The Morgan fingerprint density at radius 1 is 1.32 bits per heavy atom. The number of aromatic nitrogens is 1. The number of anilines is 1. The molecule has 7 heteroatoms. The molecule has 0 atom stereocenters. The van der Waals surface area contributed by atoms with E-state index in [1.54, 1.807) is 40.8 Å². The van der Waals surface area contributed by atoms with Gasteiger partial charge in [-0.1, -0.05) is 0 Å². The van der Waals surface area contributed by atoms with Crippen LogP contribution < -0.4 is 10.9 Å². The predicted octanol–water partition coefficient (Wildman–Crippen LogP) is 1.50. The number of nitrogens with zero attached hydrogens (tertiary/aromatic N) is 2. The van der Waals surface area contributed by atoms with Crippen LogP contribution in [0.4, 0.5) is 10.5 Å². The Balaban J connectivity index is 2.67. The minimum Gasteiger partial charge on any atom is -0.444 e. The van der Waals surface area contributed by atoms with Crippen molar-refractivity contribution in [3.63, 3.8) is 0 Å². The maximum absolute atomic E-state index is 11.9. The molecule has 0 fully saturated rings. The van der Waals surface area contributed by atoms with Crippen LogP contribution in [0.1, 0.15) is 26.5 Å². The number of pyridine rings is 1. The largest absolute Gasteiger partial charge is 0.444 e. The minimum atomic E-state index is -0.620. The summed E-state index contributed by atoms with van der Waals surface area (Å²) in [7, 11) is 3.13. The number of ether oxygens (including phenoxy) is 1. The zero-order chi connectivity index (χ0) is 17.1. The van der Waals surface area contributed by atoms with Crippen molar-refractivity contribution in [2.75, 3.05) is 18.9 Å². The van der Waals surface area contributed by atoms with Crippen LogP contribution in [0.3, 0.4) is 0 Å². The molecule has 0 saturated carbocycles. The topological polar surface area (TPSA) is 80.6 Å². The van der Waals surface area contributed by atoms with Crippen molar-refractivity contribution in [1.82, 2.24) is 9.47 Å². The Labute approximate surface area is 129 Å². The standard InChI is InChI=1S/C15H23N3O4/c1-10-7-11(8-13(20)18(10)6)16-12(19)9-17(5)14(21)22-15(2,3)4/h7-8H,9H2,1-6H3,(H,16,19). The van der Waals surface area contributed by atoms with Gasteiger partial charge in [0.2, 0.25) is 5.91 Å². The molecule has 1 aromatic rings. The van der Waals surface area contributed by atoms with E-state index in [0.717, 1.165) is 5.69 Å². The fourth-order valence-electron chi connectivity index (χ4n) is 1.66. The quantitative estimate of drug-likeness (QED) is 0.917. The molecule has 1 rings (SSSR count). The summed E-state index contributed by atoms with van der Waals surface area (Å²) in [4.78, 5) is 36.5. The molecular weight excluding hydrogens is 286 g/mol. The van der Waals surface area contributed by atoms with Crippen LogP contribution in [0.2, 0.25) is 0 Å². The van der Waals surface area contributed by atoms with Gasteiger partial charge in [0.05, 0.1) is 0 Å². The summed E-state index contributed by atoms with van der Waals surface area (Å²) in [5.74, 6) is -0.402. The molecule has 0 bridgehead atoms. The highest BCUT2D eigenvalue weighted by Gasteiger charge is 2.21. The van der Waals surface area contributed by atoms with Gasteiger partial charge in [0.15, 0.2) is 0 Å². The predicted molar refractivity (Wildman–Crippen MR) is 83.9 cm³/mol. The van der Waals surface area contributed by atoms with Gasteiger partial charge in [-0.3, -0.25) is 9.59 Å². The number of carbonyl (C=O) groups excluding carboxylic acids is 2. The molecule has 22 heavy (non-hydrogen) atoms. The maximum atomic E-state index is 11.9. The van der Waals surface area contributed by atoms with E-state index >= 15 is 0 Å². The lowest BCUT2D eigenvalue weighted by Crippen LogP contribution is -2.38. The van der Waals surface area contributed by atoms with Crippen LogP contribution >= 0.6 is 0 Å². The van der Waals surface area contributed by atoms with Crippen molar-refractivity contribution in [2.24, 2.45) is 7.05 Å². The lowest BCUT2D eigenvalue weighted by atomic mass is 10.2. The Morgan fingerprint density at radius 2 is 1.91 bits per heavy atom. The van der Waals surface area contributed by atoms with Gasteiger partial charge in [0.25, 0.3) is 5.56 Å². The fraction of sp³-hybridized carbons (Fsp3) is 0.533. The molecule has 0 aliphatic rings. The maximum Gasteiger partial charge on any atom is 0.410 e. The van der Waals surface area contributed by atoms with Crippen LogP contribution in [0, 0.1) is 6.92 Å². The number of amides is 2. The molecule has 1 N–H and O–H groups in total. The van der Waals surface area contributed by atoms with Gasteiger partial charge in [-0.25, -0.2) is 4.79 Å². The molecule has 1 aromatic heterocycles. The average Bonchev–Trinajstić information content (AvgIpc) is 2.33. The van der Waals surface area contributed by atoms with Crippen molar-refractivity contribution in [1.29, 1.82) is 0 Å². The van der Waals surface area contributed by atoms with Crippen LogP contribution in [-0.4, -0.2) is 40.7 Å². The van der Waals surface area contributed by atoms with Crippen molar-refractivity contribution < 1.29 is 14.3 Å². The van der Waals surface area contributed by atoms with Gasteiger partial charge in [0.1, 0.15) is 12.1 Å². The summed E-state index contributed by atoms with van der Waals surface area (Å²) in [6.45, 7) is 6.86. The van der Waals surface area contributed by atoms with E-state index in [1.807, 2.05) is 0 Å². The number of nitrogens with one attached hydrogen (secondary N) is 1. The molecule has 0 spiro atoms. The summed E-state index contributed by atoms with van der Waals surface area (Å²) in [5, 5.41) is 2.60. The third-order valence-electron chi connectivity index (χ3n) is 2.87. The summed E-state index contributed by atoms with van der Waals surface area (Å²) < 4.78 is 6.63. The minimum absolute atomic E-state index is 0.164. The highest BCUT2D eigenvalue weighted by Crippen LogP contribution is 2.10. The normalized spacial score (nSPS) is 11.0. The third kappa shape index (κ3) is 5.23. The van der Waals surface area contributed by atoms with E-state index in [4.69, 9.17) is 4.74 Å². The van der Waals surface area contributed by atoms with E-state index in [2.05, 4.69) is 5.32 Å². The zero-order valence-electron chi connectivity index (χ0n) is 13.9. The summed E-state index contributed by atoms with van der Waals surface area (Å²) >= 11 is 0. The Hall–Kier alpha value is -2.31.